The van der Waals surface area contributed by atoms with Gasteiger partial charge in [-0.15, -0.1) is 0 Å². The molecule has 0 saturated carbocycles. The molecule has 1 saturated heterocycles. The predicted molar refractivity (Wildman–Crippen MR) is 191 cm³/mol. The van der Waals surface area contributed by atoms with Crippen molar-refractivity contribution in [3.05, 3.63) is 82.9 Å². The molecular weight excluding hydrogens is 604 g/mol. The highest BCUT2D eigenvalue weighted by atomic mass is 16.6. The van der Waals surface area contributed by atoms with Gasteiger partial charge in [0, 0.05) is 26.4 Å². The second-order valence-electron chi connectivity index (χ2n) is 12.8. The van der Waals surface area contributed by atoms with Crippen molar-refractivity contribution in [2.24, 2.45) is 0 Å². The maximum Gasteiger partial charge on any atom is 0.338 e. The molecule has 7 heteroatoms. The van der Waals surface area contributed by atoms with Gasteiger partial charge in [0.05, 0.1) is 19.3 Å². The average molecular weight is 663 g/mol. The molecule has 0 aromatic heterocycles. The van der Waals surface area contributed by atoms with Crippen LogP contribution in [0.2, 0.25) is 0 Å². The van der Waals surface area contributed by atoms with E-state index in [-0.39, 0.29) is 36.5 Å². The normalized spacial score (nSPS) is 21.1. The molecule has 264 valence electrons. The minimum absolute atomic E-state index is 0.304. The Morgan fingerprint density at radius 2 is 1.35 bits per heavy atom. The van der Waals surface area contributed by atoms with Crippen molar-refractivity contribution in [1.29, 1.82) is 0 Å². The molecule has 1 heterocycles. The molecule has 5 atom stereocenters. The van der Waals surface area contributed by atoms with Crippen molar-refractivity contribution in [2.75, 3.05) is 40.1 Å². The molecule has 0 radical (unpaired) electrons. The molecule has 1 aliphatic heterocycles. The molecule has 1 aromatic carbocycles. The van der Waals surface area contributed by atoms with E-state index in [1.807, 2.05) is 30.3 Å². The number of hydrogen-bond acceptors (Lipinski definition) is 7. The fourth-order valence-corrected chi connectivity index (χ4v) is 6.36. The molecule has 0 bridgehead atoms. The summed E-state index contributed by atoms with van der Waals surface area (Å²) in [4.78, 5) is 13.0. The summed E-state index contributed by atoms with van der Waals surface area (Å²) in [6.45, 7) is 11.7. The zero-order valence-corrected chi connectivity index (χ0v) is 29.9. The molecule has 0 unspecified atom stereocenters. The Kier molecular flexibility index (Phi) is 16.3. The van der Waals surface area contributed by atoms with E-state index in [0.29, 0.717) is 45.0 Å². The van der Waals surface area contributed by atoms with Crippen LogP contribution in [0.1, 0.15) is 112 Å². The molecule has 2 aliphatic carbocycles. The van der Waals surface area contributed by atoms with Gasteiger partial charge in [-0.3, -0.25) is 0 Å². The molecule has 3 aliphatic rings. The largest absolute Gasteiger partial charge is 0.465 e. The van der Waals surface area contributed by atoms with Crippen molar-refractivity contribution in [3.8, 4) is 11.1 Å². The second-order valence-corrected chi connectivity index (χ2v) is 12.8. The van der Waals surface area contributed by atoms with Gasteiger partial charge in [-0.25, -0.2) is 4.79 Å². The van der Waals surface area contributed by atoms with E-state index >= 15 is 0 Å². The average Bonchev–Trinajstić information content (AvgIpc) is 3.27. The lowest BCUT2D eigenvalue weighted by molar-refractivity contribution is -0.268. The van der Waals surface area contributed by atoms with Gasteiger partial charge in [0.2, 0.25) is 0 Å². The fourth-order valence-electron chi connectivity index (χ4n) is 6.36. The number of rotatable bonds is 21. The molecule has 0 N–H and O–H groups in total. The number of benzene rings is 1. The number of carbonyl (C=O) groups excluding carboxylic acids is 1. The number of fused-ring (bicyclic) bond motifs is 1. The van der Waals surface area contributed by atoms with E-state index in [9.17, 15) is 4.79 Å². The van der Waals surface area contributed by atoms with E-state index in [4.69, 9.17) is 28.4 Å². The molecular formula is C41H58O7. The highest BCUT2D eigenvalue weighted by Gasteiger charge is 2.48. The Balaban J connectivity index is 1.71. The van der Waals surface area contributed by atoms with Crippen LogP contribution in [-0.4, -0.2) is 70.5 Å². The van der Waals surface area contributed by atoms with Gasteiger partial charge in [0.15, 0.2) is 0 Å². The van der Waals surface area contributed by atoms with Crippen LogP contribution in [-0.2, 0) is 34.8 Å². The number of hydrogen-bond donors (Lipinski definition) is 0. The topological polar surface area (TPSA) is 72.5 Å². The van der Waals surface area contributed by atoms with E-state index < -0.39 is 0 Å². The predicted octanol–water partition coefficient (Wildman–Crippen LogP) is 8.98. The van der Waals surface area contributed by atoms with Crippen molar-refractivity contribution in [1.82, 2.24) is 0 Å². The van der Waals surface area contributed by atoms with Crippen molar-refractivity contribution < 1.29 is 33.2 Å². The molecule has 0 amide bonds. The van der Waals surface area contributed by atoms with Crippen LogP contribution in [0.5, 0.6) is 0 Å². The summed E-state index contributed by atoms with van der Waals surface area (Å²) >= 11 is 0. The number of unbranched alkanes of at least 4 members (excludes halogenated alkanes) is 4. The number of esters is 1. The third-order valence-corrected chi connectivity index (χ3v) is 9.04. The third kappa shape index (κ3) is 10.3. The molecule has 0 spiro atoms. The van der Waals surface area contributed by atoms with Crippen LogP contribution >= 0.6 is 0 Å². The lowest BCUT2D eigenvalue weighted by Gasteiger charge is -2.46. The highest BCUT2D eigenvalue weighted by Crippen LogP contribution is 2.39. The van der Waals surface area contributed by atoms with E-state index in [0.717, 1.165) is 79.2 Å². The summed E-state index contributed by atoms with van der Waals surface area (Å²) in [6.07, 6.45) is 7.02. The number of ether oxygens (including phenoxy) is 6. The van der Waals surface area contributed by atoms with Gasteiger partial charge in [0.1, 0.15) is 30.5 Å². The molecule has 1 fully saturated rings. The smallest absolute Gasteiger partial charge is 0.338 e. The molecule has 4 rings (SSSR count). The van der Waals surface area contributed by atoms with E-state index in [2.05, 4.69) is 58.0 Å². The quantitative estimate of drug-likeness (QED) is 0.0833. The first-order valence-electron chi connectivity index (χ1n) is 18.3. The Morgan fingerprint density at radius 1 is 0.708 bits per heavy atom. The first-order valence-corrected chi connectivity index (χ1v) is 18.3. The van der Waals surface area contributed by atoms with Gasteiger partial charge in [0.25, 0.3) is 0 Å². The summed E-state index contributed by atoms with van der Waals surface area (Å²) in [5.74, 6) is -0.325. The minimum Gasteiger partial charge on any atom is -0.465 e. The van der Waals surface area contributed by atoms with E-state index in [1.54, 1.807) is 0 Å². The SMILES string of the molecule is CCCCOC[C@H]1O[C@@H](c2cccc(Cc3cc4cccccc-4c3C(=O)OC)c2)[C@H](OCCCC)[C@@H](OCCCC)[C@@H]1OCCCC. The van der Waals surface area contributed by atoms with Crippen LogP contribution in [0.15, 0.2) is 60.7 Å². The third-order valence-electron chi connectivity index (χ3n) is 9.04. The standard InChI is InChI=1S/C41H58O7/c1-6-10-22-44-29-35-38(45-23-11-7-2)40(47-25-13-9-4)39(46-24-12-8-3)37(48-35)32-20-17-18-30(26-32)27-33-28-31-19-15-14-16-21-34(31)36(33)41(42)43-5/h14-21,26,28,35,37-40H,6-13,22-25,27,29H2,1-5H3/t35-,37+,38-,39+,40+/m1/s1. The summed E-state index contributed by atoms with van der Waals surface area (Å²) in [7, 11) is 1.44. The minimum atomic E-state index is -0.378. The monoisotopic (exact) mass is 662 g/mol. The van der Waals surface area contributed by atoms with Crippen LogP contribution in [0, 0.1) is 0 Å². The first kappa shape index (κ1) is 38.0. The summed E-state index contributed by atoms with van der Waals surface area (Å²) < 4.78 is 38.4. The van der Waals surface area contributed by atoms with Crippen molar-refractivity contribution >= 4 is 5.97 Å². The van der Waals surface area contributed by atoms with Crippen LogP contribution in [0.4, 0.5) is 0 Å². The fraction of sp³-hybridized carbons (Fsp3) is 0.585. The van der Waals surface area contributed by atoms with Crippen molar-refractivity contribution in [2.45, 2.75) is 116 Å². The Bertz CT molecular complexity index is 1330. The van der Waals surface area contributed by atoms with Crippen molar-refractivity contribution in [3.63, 3.8) is 0 Å². The lowest BCUT2D eigenvalue weighted by atomic mass is 9.89. The Labute approximate surface area is 288 Å². The van der Waals surface area contributed by atoms with Gasteiger partial charge in [-0.1, -0.05) is 108 Å². The first-order chi connectivity index (χ1) is 23.6. The van der Waals surface area contributed by atoms with Gasteiger partial charge in [-0.05, 0) is 66.0 Å². The summed E-state index contributed by atoms with van der Waals surface area (Å²) in [6, 6.07) is 20.5. The molecule has 48 heavy (non-hydrogen) atoms. The van der Waals surface area contributed by atoms with Gasteiger partial charge in [-0.2, -0.15) is 0 Å². The maximum absolute atomic E-state index is 13.0. The van der Waals surface area contributed by atoms with Gasteiger partial charge >= 0.3 is 5.97 Å². The van der Waals surface area contributed by atoms with Gasteiger partial charge < -0.3 is 28.4 Å². The van der Waals surface area contributed by atoms with Crippen LogP contribution in [0.3, 0.4) is 0 Å². The van der Waals surface area contributed by atoms with E-state index in [1.165, 1.54) is 7.11 Å². The van der Waals surface area contributed by atoms with Crippen LogP contribution in [0.25, 0.3) is 11.1 Å². The summed E-state index contributed by atoms with van der Waals surface area (Å²) in [5.41, 5.74) is 5.56. The maximum atomic E-state index is 13.0. The zero-order valence-electron chi connectivity index (χ0n) is 29.9. The summed E-state index contributed by atoms with van der Waals surface area (Å²) in [5, 5.41) is 0. The number of methoxy groups -OCH3 is 1. The second kappa shape index (κ2) is 20.6. The molecule has 7 nitrogen and oxygen atoms in total. The Hall–Kier alpha value is -2.81. The van der Waals surface area contributed by atoms with Crippen LogP contribution < -0.4 is 0 Å². The highest BCUT2D eigenvalue weighted by molar-refractivity contribution is 6.01. The zero-order chi connectivity index (χ0) is 34.1. The molecule has 1 aromatic rings. The number of carbonyl (C=O) groups is 1. The Morgan fingerprint density at radius 3 is 2.04 bits per heavy atom. The lowest BCUT2D eigenvalue weighted by Crippen LogP contribution is -2.58.